The van der Waals surface area contributed by atoms with Gasteiger partial charge in [0.15, 0.2) is 0 Å². The largest absolute Gasteiger partial charge is 0.325 e. The molecule has 0 saturated heterocycles. The maximum absolute atomic E-state index is 11.4. The van der Waals surface area contributed by atoms with Gasteiger partial charge >= 0.3 is 0 Å². The molecule has 1 amide bonds. The molecule has 5 nitrogen and oxygen atoms in total. The zero-order chi connectivity index (χ0) is 12.3. The normalized spacial score (nSPS) is 11.2. The standard InChI is InChI=1S/C9H11ClN2O3S/c1-6(13)12-9-4-3-7(5-8(9)10)16(14,15)11-2/h3-5,11H,1-2H3,(H,12,13). The van der Waals surface area contributed by atoms with Crippen molar-refractivity contribution < 1.29 is 13.2 Å². The molecule has 0 fully saturated rings. The number of benzene rings is 1. The number of sulfonamides is 1. The molecule has 0 aliphatic heterocycles. The Bertz CT molecular complexity index is 513. The first-order chi connectivity index (χ1) is 7.36. The molecule has 0 aromatic heterocycles. The van der Waals surface area contributed by atoms with Gasteiger partial charge in [0.1, 0.15) is 0 Å². The van der Waals surface area contributed by atoms with Crippen LogP contribution in [-0.4, -0.2) is 21.4 Å². The minimum atomic E-state index is -3.51. The van der Waals surface area contributed by atoms with E-state index in [1.54, 1.807) is 0 Å². The van der Waals surface area contributed by atoms with Gasteiger partial charge in [0, 0.05) is 6.92 Å². The van der Waals surface area contributed by atoms with Crippen LogP contribution in [0.5, 0.6) is 0 Å². The van der Waals surface area contributed by atoms with Gasteiger partial charge in [-0.3, -0.25) is 4.79 Å². The lowest BCUT2D eigenvalue weighted by Gasteiger charge is -2.07. The Hall–Kier alpha value is -1.11. The molecular formula is C9H11ClN2O3S. The highest BCUT2D eigenvalue weighted by atomic mass is 35.5. The molecule has 0 unspecified atom stereocenters. The number of carbonyl (C=O) groups is 1. The minimum Gasteiger partial charge on any atom is -0.325 e. The van der Waals surface area contributed by atoms with Gasteiger partial charge in [-0.2, -0.15) is 0 Å². The average Bonchev–Trinajstić information content (AvgIpc) is 2.20. The third kappa shape index (κ3) is 2.94. The van der Waals surface area contributed by atoms with Crippen molar-refractivity contribution in [2.24, 2.45) is 0 Å². The summed E-state index contributed by atoms with van der Waals surface area (Å²) in [7, 11) is -2.20. The molecule has 0 saturated carbocycles. The Labute approximate surface area is 98.9 Å². The highest BCUT2D eigenvalue weighted by Crippen LogP contribution is 2.24. The van der Waals surface area contributed by atoms with Crippen molar-refractivity contribution in [3.05, 3.63) is 23.2 Å². The third-order valence-electron chi connectivity index (χ3n) is 1.83. The number of hydrogen-bond donors (Lipinski definition) is 2. The van der Waals surface area contributed by atoms with E-state index in [0.29, 0.717) is 5.69 Å². The molecule has 0 spiro atoms. The number of nitrogens with one attached hydrogen (secondary N) is 2. The summed E-state index contributed by atoms with van der Waals surface area (Å²) in [5.74, 6) is -0.272. The number of amides is 1. The fraction of sp³-hybridized carbons (Fsp3) is 0.222. The highest BCUT2D eigenvalue weighted by Gasteiger charge is 2.13. The van der Waals surface area contributed by atoms with Crippen LogP contribution in [0.1, 0.15) is 6.92 Å². The lowest BCUT2D eigenvalue weighted by atomic mass is 10.3. The zero-order valence-corrected chi connectivity index (χ0v) is 10.3. The van der Waals surface area contributed by atoms with Crippen LogP contribution < -0.4 is 10.0 Å². The van der Waals surface area contributed by atoms with E-state index in [1.165, 1.54) is 32.2 Å². The molecule has 0 aliphatic carbocycles. The van der Waals surface area contributed by atoms with E-state index < -0.39 is 10.0 Å². The van der Waals surface area contributed by atoms with E-state index in [4.69, 9.17) is 11.6 Å². The first kappa shape index (κ1) is 13.0. The van der Waals surface area contributed by atoms with Gasteiger partial charge in [0.2, 0.25) is 15.9 Å². The predicted octanol–water partition coefficient (Wildman–Crippen LogP) is 1.21. The summed E-state index contributed by atoms with van der Waals surface area (Å²) in [5, 5.41) is 2.66. The molecule has 1 aromatic carbocycles. The molecule has 2 N–H and O–H groups in total. The molecule has 0 aliphatic rings. The summed E-state index contributed by atoms with van der Waals surface area (Å²) < 4.78 is 25.0. The van der Waals surface area contributed by atoms with Gasteiger partial charge in [-0.1, -0.05) is 11.6 Å². The molecule has 16 heavy (non-hydrogen) atoms. The number of anilines is 1. The Morgan fingerprint density at radius 1 is 1.38 bits per heavy atom. The number of rotatable bonds is 3. The van der Waals surface area contributed by atoms with E-state index in [-0.39, 0.29) is 15.8 Å². The van der Waals surface area contributed by atoms with Crippen LogP contribution in [0.4, 0.5) is 5.69 Å². The van der Waals surface area contributed by atoms with E-state index >= 15 is 0 Å². The molecule has 0 radical (unpaired) electrons. The van der Waals surface area contributed by atoms with Crippen LogP contribution in [0.25, 0.3) is 0 Å². The molecule has 0 atom stereocenters. The summed E-state index contributed by atoms with van der Waals surface area (Å²) in [4.78, 5) is 10.9. The molecule has 7 heteroatoms. The van der Waals surface area contributed by atoms with E-state index in [9.17, 15) is 13.2 Å². The number of halogens is 1. The van der Waals surface area contributed by atoms with Crippen LogP contribution in [-0.2, 0) is 14.8 Å². The van der Waals surface area contributed by atoms with Crippen molar-refractivity contribution in [2.75, 3.05) is 12.4 Å². The van der Waals surface area contributed by atoms with Crippen molar-refractivity contribution in [2.45, 2.75) is 11.8 Å². The summed E-state index contributed by atoms with van der Waals surface area (Å²) in [6.45, 7) is 1.34. The Balaban J connectivity index is 3.14. The van der Waals surface area contributed by atoms with Crippen molar-refractivity contribution in [3.63, 3.8) is 0 Å². The number of hydrogen-bond acceptors (Lipinski definition) is 3. The first-order valence-corrected chi connectivity index (χ1v) is 6.23. The average molecular weight is 263 g/mol. The van der Waals surface area contributed by atoms with Gasteiger partial charge < -0.3 is 5.32 Å². The van der Waals surface area contributed by atoms with E-state index in [1.807, 2.05) is 0 Å². The first-order valence-electron chi connectivity index (χ1n) is 4.37. The van der Waals surface area contributed by atoms with Gasteiger partial charge in [-0.25, -0.2) is 13.1 Å². The molecule has 0 heterocycles. The third-order valence-corrected chi connectivity index (χ3v) is 3.55. The van der Waals surface area contributed by atoms with Gasteiger partial charge in [0.25, 0.3) is 0 Å². The number of carbonyl (C=O) groups excluding carboxylic acids is 1. The molecule has 0 bridgehead atoms. The monoisotopic (exact) mass is 262 g/mol. The van der Waals surface area contributed by atoms with Crippen LogP contribution in [0.15, 0.2) is 23.1 Å². The molecular weight excluding hydrogens is 252 g/mol. The van der Waals surface area contributed by atoms with Gasteiger partial charge in [0.05, 0.1) is 15.6 Å². The second kappa shape index (κ2) is 4.82. The summed E-state index contributed by atoms with van der Waals surface area (Å²) in [6.07, 6.45) is 0. The Morgan fingerprint density at radius 3 is 2.44 bits per heavy atom. The maximum Gasteiger partial charge on any atom is 0.240 e. The Kier molecular flexibility index (Phi) is 3.90. The van der Waals surface area contributed by atoms with Crippen molar-refractivity contribution in [3.8, 4) is 0 Å². The van der Waals surface area contributed by atoms with Crippen LogP contribution in [0.3, 0.4) is 0 Å². The zero-order valence-electron chi connectivity index (χ0n) is 8.74. The van der Waals surface area contributed by atoms with Crippen molar-refractivity contribution in [1.82, 2.24) is 4.72 Å². The summed E-state index contributed by atoms with van der Waals surface area (Å²) in [6, 6.07) is 4.08. The van der Waals surface area contributed by atoms with Crippen LogP contribution in [0, 0.1) is 0 Å². The second-order valence-corrected chi connectivity index (χ2v) is 5.32. The van der Waals surface area contributed by atoms with Crippen LogP contribution >= 0.6 is 11.6 Å². The smallest absolute Gasteiger partial charge is 0.240 e. The minimum absolute atomic E-state index is 0.0501. The van der Waals surface area contributed by atoms with Gasteiger partial charge in [-0.15, -0.1) is 0 Å². The molecule has 88 valence electrons. The predicted molar refractivity (Wildman–Crippen MR) is 62.0 cm³/mol. The van der Waals surface area contributed by atoms with Crippen LogP contribution in [0.2, 0.25) is 5.02 Å². The molecule has 1 aromatic rings. The SMILES string of the molecule is CNS(=O)(=O)c1ccc(NC(C)=O)c(Cl)c1. The summed E-state index contributed by atoms with van der Waals surface area (Å²) >= 11 is 5.83. The van der Waals surface area contributed by atoms with Crippen molar-refractivity contribution >= 4 is 33.2 Å². The highest BCUT2D eigenvalue weighted by molar-refractivity contribution is 7.89. The topological polar surface area (TPSA) is 75.3 Å². The fourth-order valence-electron chi connectivity index (χ4n) is 1.07. The molecule has 1 rings (SSSR count). The lowest BCUT2D eigenvalue weighted by Crippen LogP contribution is -2.18. The van der Waals surface area contributed by atoms with E-state index in [0.717, 1.165) is 0 Å². The fourth-order valence-corrected chi connectivity index (χ4v) is 2.12. The quantitative estimate of drug-likeness (QED) is 0.860. The lowest BCUT2D eigenvalue weighted by molar-refractivity contribution is -0.114. The summed E-state index contributed by atoms with van der Waals surface area (Å²) in [5.41, 5.74) is 0.379. The van der Waals surface area contributed by atoms with Crippen molar-refractivity contribution in [1.29, 1.82) is 0 Å². The maximum atomic E-state index is 11.4. The Morgan fingerprint density at radius 2 is 2.00 bits per heavy atom. The second-order valence-electron chi connectivity index (χ2n) is 3.03. The van der Waals surface area contributed by atoms with Gasteiger partial charge in [-0.05, 0) is 25.2 Å². The van der Waals surface area contributed by atoms with E-state index in [2.05, 4.69) is 10.0 Å².